The number of anilines is 1. The summed E-state index contributed by atoms with van der Waals surface area (Å²) >= 11 is 0. The molecule has 1 aromatic rings. The normalized spacial score (nSPS) is 12.2. The van der Waals surface area contributed by atoms with Gasteiger partial charge < -0.3 is 10.4 Å². The lowest BCUT2D eigenvalue weighted by Crippen LogP contribution is -2.19. The first-order chi connectivity index (χ1) is 8.06. The van der Waals surface area contributed by atoms with Gasteiger partial charge in [-0.2, -0.15) is 0 Å². The van der Waals surface area contributed by atoms with Crippen molar-refractivity contribution in [1.29, 1.82) is 0 Å². The van der Waals surface area contributed by atoms with Crippen molar-refractivity contribution in [3.05, 3.63) is 23.4 Å². The van der Waals surface area contributed by atoms with Crippen LogP contribution in [-0.4, -0.2) is 22.1 Å². The average molecular weight is 236 g/mol. The lowest BCUT2D eigenvalue weighted by Gasteiger charge is -2.17. The van der Waals surface area contributed by atoms with Crippen LogP contribution in [0.1, 0.15) is 49.2 Å². The molecule has 1 rings (SSSR count). The van der Waals surface area contributed by atoms with E-state index in [0.717, 1.165) is 25.0 Å². The molecule has 0 aliphatic carbocycles. The molecule has 0 aliphatic heterocycles. The number of aromatic nitrogens is 1. The molecule has 0 amide bonds. The maximum atomic E-state index is 10.9. The highest BCUT2D eigenvalue weighted by molar-refractivity contribution is 5.88. The third-order valence-electron chi connectivity index (χ3n) is 2.68. The van der Waals surface area contributed by atoms with Gasteiger partial charge in [-0.1, -0.05) is 20.3 Å². The average Bonchev–Trinajstić information content (AvgIpc) is 2.27. The molecule has 1 aromatic heterocycles. The fourth-order valence-electron chi connectivity index (χ4n) is 1.80. The van der Waals surface area contributed by atoms with Crippen molar-refractivity contribution in [3.63, 3.8) is 0 Å². The molecule has 0 spiro atoms. The highest BCUT2D eigenvalue weighted by atomic mass is 16.4. The van der Waals surface area contributed by atoms with Gasteiger partial charge in [-0.3, -0.25) is 0 Å². The van der Waals surface area contributed by atoms with Crippen LogP contribution in [0.5, 0.6) is 0 Å². The number of carboxylic acids is 1. The molecule has 17 heavy (non-hydrogen) atoms. The predicted molar refractivity (Wildman–Crippen MR) is 68.5 cm³/mol. The van der Waals surface area contributed by atoms with Gasteiger partial charge in [-0.25, -0.2) is 9.78 Å². The van der Waals surface area contributed by atoms with Crippen LogP contribution in [0.15, 0.2) is 12.1 Å². The number of aromatic carboxylic acids is 1. The lowest BCUT2D eigenvalue weighted by atomic mass is 10.1. The van der Waals surface area contributed by atoms with Crippen LogP contribution in [0.25, 0.3) is 0 Å². The maximum Gasteiger partial charge on any atom is 0.335 e. The minimum atomic E-state index is -0.915. The van der Waals surface area contributed by atoms with Crippen LogP contribution in [0, 0.1) is 6.92 Å². The van der Waals surface area contributed by atoms with Crippen molar-refractivity contribution < 1.29 is 9.90 Å². The molecule has 0 saturated carbocycles. The van der Waals surface area contributed by atoms with E-state index in [-0.39, 0.29) is 5.56 Å². The van der Waals surface area contributed by atoms with Crippen LogP contribution in [0.3, 0.4) is 0 Å². The summed E-state index contributed by atoms with van der Waals surface area (Å²) in [6.07, 6.45) is 3.17. The Labute approximate surface area is 102 Å². The Kier molecular flexibility index (Phi) is 4.94. The Hall–Kier alpha value is -1.58. The van der Waals surface area contributed by atoms with E-state index < -0.39 is 5.97 Å². The fourth-order valence-corrected chi connectivity index (χ4v) is 1.80. The number of carbonyl (C=O) groups is 1. The topological polar surface area (TPSA) is 62.2 Å². The van der Waals surface area contributed by atoms with Crippen molar-refractivity contribution >= 4 is 11.8 Å². The molecule has 0 aliphatic rings. The zero-order chi connectivity index (χ0) is 12.8. The SMILES string of the molecule is CCCC(CC)Nc1cc(C(=O)O)cc(C)n1. The molecule has 94 valence electrons. The summed E-state index contributed by atoms with van der Waals surface area (Å²) < 4.78 is 0. The summed E-state index contributed by atoms with van der Waals surface area (Å²) in [5.74, 6) is -0.259. The smallest absolute Gasteiger partial charge is 0.335 e. The summed E-state index contributed by atoms with van der Waals surface area (Å²) in [7, 11) is 0. The monoisotopic (exact) mass is 236 g/mol. The van der Waals surface area contributed by atoms with Crippen molar-refractivity contribution in [3.8, 4) is 0 Å². The largest absolute Gasteiger partial charge is 0.478 e. The fraction of sp³-hybridized carbons (Fsp3) is 0.538. The molecule has 0 bridgehead atoms. The van der Waals surface area contributed by atoms with Gasteiger partial charge in [0.15, 0.2) is 0 Å². The minimum absolute atomic E-state index is 0.284. The van der Waals surface area contributed by atoms with E-state index in [1.807, 2.05) is 0 Å². The van der Waals surface area contributed by atoms with Crippen LogP contribution in [0.4, 0.5) is 5.82 Å². The summed E-state index contributed by atoms with van der Waals surface area (Å²) in [6.45, 7) is 6.05. The number of nitrogens with one attached hydrogen (secondary N) is 1. The van der Waals surface area contributed by atoms with Crippen molar-refractivity contribution in [1.82, 2.24) is 4.98 Å². The Morgan fingerprint density at radius 2 is 2.18 bits per heavy atom. The summed E-state index contributed by atoms with van der Waals surface area (Å²) in [5, 5.41) is 12.3. The first-order valence-electron chi connectivity index (χ1n) is 6.05. The number of pyridine rings is 1. The number of rotatable bonds is 6. The quantitative estimate of drug-likeness (QED) is 0.796. The van der Waals surface area contributed by atoms with Crippen LogP contribution < -0.4 is 5.32 Å². The number of nitrogens with zero attached hydrogens (tertiary/aromatic N) is 1. The second-order valence-electron chi connectivity index (χ2n) is 4.23. The van der Waals surface area contributed by atoms with Gasteiger partial charge >= 0.3 is 5.97 Å². The van der Waals surface area contributed by atoms with Gasteiger partial charge in [-0.05, 0) is 31.9 Å². The van der Waals surface area contributed by atoms with Gasteiger partial charge in [0, 0.05) is 11.7 Å². The molecule has 0 fully saturated rings. The zero-order valence-corrected chi connectivity index (χ0v) is 10.7. The third-order valence-corrected chi connectivity index (χ3v) is 2.68. The molecule has 4 nitrogen and oxygen atoms in total. The number of hydrogen-bond acceptors (Lipinski definition) is 3. The second-order valence-corrected chi connectivity index (χ2v) is 4.23. The first kappa shape index (κ1) is 13.5. The summed E-state index contributed by atoms with van der Waals surface area (Å²) in [5.41, 5.74) is 1.00. The lowest BCUT2D eigenvalue weighted by molar-refractivity contribution is 0.0696. The van der Waals surface area contributed by atoms with Gasteiger partial charge in [0.05, 0.1) is 5.56 Å². The summed E-state index contributed by atoms with van der Waals surface area (Å²) in [4.78, 5) is 15.2. The van der Waals surface area contributed by atoms with Gasteiger partial charge in [-0.15, -0.1) is 0 Å². The van der Waals surface area contributed by atoms with E-state index in [1.54, 1.807) is 19.1 Å². The predicted octanol–water partition coefficient (Wildman–Crippen LogP) is 3.08. The van der Waals surface area contributed by atoms with E-state index >= 15 is 0 Å². The van der Waals surface area contributed by atoms with Crippen molar-refractivity contribution in [2.24, 2.45) is 0 Å². The van der Waals surface area contributed by atoms with Crippen LogP contribution in [-0.2, 0) is 0 Å². The molecule has 4 heteroatoms. The Morgan fingerprint density at radius 1 is 1.47 bits per heavy atom. The van der Waals surface area contributed by atoms with E-state index in [2.05, 4.69) is 24.1 Å². The van der Waals surface area contributed by atoms with Gasteiger partial charge in [0.25, 0.3) is 0 Å². The number of aryl methyl sites for hydroxylation is 1. The molecule has 1 unspecified atom stereocenters. The second kappa shape index (κ2) is 6.23. The number of carboxylic acid groups (broad SMARTS) is 1. The Bertz CT molecular complexity index is 391. The van der Waals surface area contributed by atoms with E-state index in [0.29, 0.717) is 11.9 Å². The highest BCUT2D eigenvalue weighted by Gasteiger charge is 2.09. The molecular weight excluding hydrogens is 216 g/mol. The molecule has 2 N–H and O–H groups in total. The minimum Gasteiger partial charge on any atom is -0.478 e. The van der Waals surface area contributed by atoms with E-state index in [1.165, 1.54) is 0 Å². The van der Waals surface area contributed by atoms with Crippen molar-refractivity contribution in [2.75, 3.05) is 5.32 Å². The van der Waals surface area contributed by atoms with Crippen LogP contribution in [0.2, 0.25) is 0 Å². The van der Waals surface area contributed by atoms with E-state index in [4.69, 9.17) is 5.11 Å². The zero-order valence-electron chi connectivity index (χ0n) is 10.7. The van der Waals surface area contributed by atoms with Crippen LogP contribution >= 0.6 is 0 Å². The standard InChI is InChI=1S/C13H20N2O2/c1-4-6-11(5-2)15-12-8-10(13(16)17)7-9(3)14-12/h7-8,11H,4-6H2,1-3H3,(H,14,15)(H,16,17). The molecule has 0 aromatic carbocycles. The van der Waals surface area contributed by atoms with Crippen molar-refractivity contribution in [2.45, 2.75) is 46.1 Å². The molecule has 1 heterocycles. The maximum absolute atomic E-state index is 10.9. The Balaban J connectivity index is 2.86. The third kappa shape index (κ3) is 4.06. The molecule has 0 radical (unpaired) electrons. The Morgan fingerprint density at radius 3 is 2.71 bits per heavy atom. The molecule has 0 saturated heterocycles. The molecule has 1 atom stereocenters. The van der Waals surface area contributed by atoms with Gasteiger partial charge in [0.2, 0.25) is 0 Å². The number of hydrogen-bond donors (Lipinski definition) is 2. The molecular formula is C13H20N2O2. The highest BCUT2D eigenvalue weighted by Crippen LogP contribution is 2.14. The van der Waals surface area contributed by atoms with E-state index in [9.17, 15) is 4.79 Å². The first-order valence-corrected chi connectivity index (χ1v) is 6.05. The summed E-state index contributed by atoms with van der Waals surface area (Å²) in [6, 6.07) is 3.53. The van der Waals surface area contributed by atoms with Gasteiger partial charge in [0.1, 0.15) is 5.82 Å².